The van der Waals surface area contributed by atoms with Gasteiger partial charge in [0.15, 0.2) is 5.54 Å². The van der Waals surface area contributed by atoms with Crippen molar-refractivity contribution in [2.75, 3.05) is 6.61 Å². The van der Waals surface area contributed by atoms with Crippen LogP contribution in [0, 0.1) is 0 Å². The first-order chi connectivity index (χ1) is 13.0. The molecule has 4 N–H and O–H groups in total. The molecule has 1 saturated heterocycles. The largest absolute Gasteiger partial charge is 0.458 e. The van der Waals surface area contributed by atoms with Gasteiger partial charge in [-0.1, -0.05) is 51.2 Å². The average Bonchev–Trinajstić information content (AvgIpc) is 2.88. The first-order valence-electron chi connectivity index (χ1n) is 10.4. The number of esters is 1. The lowest BCUT2D eigenvalue weighted by atomic mass is 9.93. The summed E-state index contributed by atoms with van der Waals surface area (Å²) in [5.74, 6) is -0.356. The van der Waals surface area contributed by atoms with Gasteiger partial charge in [-0.3, -0.25) is 4.79 Å². The molecule has 156 valence electrons. The molecule has 0 radical (unpaired) electrons. The predicted octanol–water partition coefficient (Wildman–Crippen LogP) is 2.79. The van der Waals surface area contributed by atoms with Crippen LogP contribution in [0.5, 0.6) is 0 Å². The van der Waals surface area contributed by atoms with Crippen LogP contribution in [0.3, 0.4) is 0 Å². The molecule has 1 heterocycles. The van der Waals surface area contributed by atoms with Crippen LogP contribution in [0.1, 0.15) is 84.0 Å². The van der Waals surface area contributed by atoms with Gasteiger partial charge in [0.2, 0.25) is 0 Å². The summed E-state index contributed by atoms with van der Waals surface area (Å²) in [5, 5.41) is 19.2. The molecule has 1 aliphatic heterocycles. The van der Waals surface area contributed by atoms with Gasteiger partial charge in [-0.25, -0.2) is 4.79 Å². The Hall–Kier alpha value is -1.24. The molecule has 6 heteroatoms. The van der Waals surface area contributed by atoms with Gasteiger partial charge < -0.3 is 20.7 Å². The summed E-state index contributed by atoms with van der Waals surface area (Å²) in [4.78, 5) is 23.3. The third-order valence-corrected chi connectivity index (χ3v) is 5.20. The smallest absolute Gasteiger partial charge is 0.331 e. The van der Waals surface area contributed by atoms with Crippen LogP contribution < -0.4 is 5.73 Å². The van der Waals surface area contributed by atoms with E-state index in [0.717, 1.165) is 51.4 Å². The maximum atomic E-state index is 11.7. The van der Waals surface area contributed by atoms with E-state index in [-0.39, 0.29) is 0 Å². The van der Waals surface area contributed by atoms with Gasteiger partial charge in [0.05, 0.1) is 6.61 Å². The molecule has 0 bridgehead atoms. The molecule has 3 atom stereocenters. The van der Waals surface area contributed by atoms with E-state index in [4.69, 9.17) is 15.6 Å². The zero-order valence-corrected chi connectivity index (χ0v) is 16.7. The van der Waals surface area contributed by atoms with Crippen LogP contribution in [0.2, 0.25) is 0 Å². The van der Waals surface area contributed by atoms with Crippen LogP contribution in [-0.4, -0.2) is 46.3 Å². The summed E-state index contributed by atoms with van der Waals surface area (Å²) >= 11 is 0. The van der Waals surface area contributed by atoms with E-state index >= 15 is 0 Å². The second-order valence-corrected chi connectivity index (χ2v) is 7.60. The Morgan fingerprint density at radius 3 is 2.33 bits per heavy atom. The fourth-order valence-electron chi connectivity index (χ4n) is 3.26. The quantitative estimate of drug-likeness (QED) is 0.228. The molecule has 1 fully saturated rings. The number of ketones is 1. The van der Waals surface area contributed by atoms with Crippen LogP contribution >= 0.6 is 0 Å². The monoisotopic (exact) mass is 383 g/mol. The third-order valence-electron chi connectivity index (χ3n) is 5.20. The highest BCUT2D eigenvalue weighted by molar-refractivity contribution is 5.84. The van der Waals surface area contributed by atoms with Crippen molar-refractivity contribution in [3.63, 3.8) is 0 Å². The van der Waals surface area contributed by atoms with Crippen molar-refractivity contribution in [2.45, 2.75) is 102 Å². The molecule has 0 amide bonds. The lowest BCUT2D eigenvalue weighted by Crippen LogP contribution is -2.57. The van der Waals surface area contributed by atoms with E-state index in [2.05, 4.69) is 6.92 Å². The van der Waals surface area contributed by atoms with Crippen molar-refractivity contribution < 1.29 is 24.5 Å². The van der Waals surface area contributed by atoms with Gasteiger partial charge in [-0.15, -0.1) is 0 Å². The maximum Gasteiger partial charge on any atom is 0.331 e. The Balaban J connectivity index is 2.03. The Labute approximate surface area is 163 Å². The Morgan fingerprint density at radius 2 is 1.74 bits per heavy atom. The number of carbonyl (C=O) groups is 2. The molecule has 0 saturated carbocycles. The number of ether oxygens (including phenoxy) is 1. The number of cyclic esters (lactones) is 1. The first kappa shape index (κ1) is 23.8. The summed E-state index contributed by atoms with van der Waals surface area (Å²) in [6, 6.07) is 0. The standard InChI is InChI=1S/C21H37NO5/c1-2-3-4-10-13-17(24)14-11-8-6-5-7-9-12-15-18-19(25)21(22,16-23)20(26)27-18/h9,12,18-19,23,25H,2-8,10-11,13-16,22H2,1H3/b12-9-/t18-,19+,21-/m1/s1. The number of nitrogens with two attached hydrogens (primary N) is 1. The van der Waals surface area contributed by atoms with Crippen LogP contribution in [0.15, 0.2) is 12.2 Å². The molecule has 1 aliphatic rings. The number of hydrogen-bond donors (Lipinski definition) is 3. The molecular formula is C21H37NO5. The van der Waals surface area contributed by atoms with Crippen molar-refractivity contribution >= 4 is 11.8 Å². The predicted molar refractivity (Wildman–Crippen MR) is 105 cm³/mol. The molecule has 6 nitrogen and oxygen atoms in total. The lowest BCUT2D eigenvalue weighted by Gasteiger charge is -2.21. The van der Waals surface area contributed by atoms with E-state index in [1.165, 1.54) is 12.8 Å². The van der Waals surface area contributed by atoms with Crippen molar-refractivity contribution in [1.82, 2.24) is 0 Å². The lowest BCUT2D eigenvalue weighted by molar-refractivity contribution is -0.146. The molecule has 0 unspecified atom stereocenters. The number of carbonyl (C=O) groups excluding carboxylic acids is 2. The second kappa shape index (κ2) is 13.0. The molecule has 0 aliphatic carbocycles. The summed E-state index contributed by atoms with van der Waals surface area (Å²) in [7, 11) is 0. The minimum atomic E-state index is -1.70. The number of rotatable bonds is 15. The Morgan fingerprint density at radius 1 is 1.11 bits per heavy atom. The molecule has 0 aromatic heterocycles. The first-order valence-corrected chi connectivity index (χ1v) is 10.4. The highest BCUT2D eigenvalue weighted by Gasteiger charge is 2.53. The SMILES string of the molecule is CCCCCCC(=O)CCCCCC/C=C\C[C@H]1OC(=O)[C@@](N)(CO)[C@H]1O. The van der Waals surface area contributed by atoms with Gasteiger partial charge >= 0.3 is 5.97 Å². The van der Waals surface area contributed by atoms with E-state index < -0.39 is 30.3 Å². The fourth-order valence-corrected chi connectivity index (χ4v) is 3.26. The topological polar surface area (TPSA) is 110 Å². The minimum Gasteiger partial charge on any atom is -0.458 e. The van der Waals surface area contributed by atoms with Crippen molar-refractivity contribution in [3.05, 3.63) is 12.2 Å². The maximum absolute atomic E-state index is 11.7. The summed E-state index contributed by atoms with van der Waals surface area (Å²) in [6.45, 7) is 1.54. The number of unbranched alkanes of at least 4 members (excludes halogenated alkanes) is 7. The normalized spacial score (nSPS) is 25.3. The number of aliphatic hydroxyl groups is 2. The Kier molecular flexibility index (Phi) is 11.5. The van der Waals surface area contributed by atoms with Gasteiger partial charge in [-0.2, -0.15) is 0 Å². The fraction of sp³-hybridized carbons (Fsp3) is 0.810. The molecule has 1 rings (SSSR count). The van der Waals surface area contributed by atoms with Crippen molar-refractivity contribution in [1.29, 1.82) is 0 Å². The molecular weight excluding hydrogens is 346 g/mol. The van der Waals surface area contributed by atoms with E-state index in [9.17, 15) is 14.7 Å². The van der Waals surface area contributed by atoms with Gasteiger partial charge in [0.25, 0.3) is 0 Å². The molecule has 0 aromatic rings. The van der Waals surface area contributed by atoms with Gasteiger partial charge in [0, 0.05) is 19.3 Å². The molecule has 0 spiro atoms. The van der Waals surface area contributed by atoms with E-state index in [0.29, 0.717) is 18.6 Å². The number of allylic oxidation sites excluding steroid dienone is 1. The number of hydrogen-bond acceptors (Lipinski definition) is 6. The van der Waals surface area contributed by atoms with Crippen molar-refractivity contribution in [3.8, 4) is 0 Å². The summed E-state index contributed by atoms with van der Waals surface area (Å²) < 4.78 is 5.05. The molecule has 0 aromatic carbocycles. The van der Waals surface area contributed by atoms with Crippen LogP contribution in [0.4, 0.5) is 0 Å². The minimum absolute atomic E-state index is 0.387. The summed E-state index contributed by atoms with van der Waals surface area (Å²) in [6.07, 6.45) is 13.5. The zero-order valence-electron chi connectivity index (χ0n) is 16.7. The van der Waals surface area contributed by atoms with Gasteiger partial charge in [0.1, 0.15) is 18.0 Å². The van der Waals surface area contributed by atoms with Gasteiger partial charge in [-0.05, 0) is 25.7 Å². The van der Waals surface area contributed by atoms with Crippen molar-refractivity contribution in [2.24, 2.45) is 5.73 Å². The second-order valence-electron chi connectivity index (χ2n) is 7.60. The average molecular weight is 384 g/mol. The molecule has 27 heavy (non-hydrogen) atoms. The Bertz CT molecular complexity index is 479. The van der Waals surface area contributed by atoms with Crippen LogP contribution in [0.25, 0.3) is 0 Å². The number of aliphatic hydroxyl groups excluding tert-OH is 2. The van der Waals surface area contributed by atoms with Crippen LogP contribution in [-0.2, 0) is 14.3 Å². The van der Waals surface area contributed by atoms with E-state index in [1.807, 2.05) is 12.2 Å². The van der Waals surface area contributed by atoms with E-state index in [1.54, 1.807) is 0 Å². The highest BCUT2D eigenvalue weighted by atomic mass is 16.6. The zero-order chi connectivity index (χ0) is 20.1. The third kappa shape index (κ3) is 8.11. The highest BCUT2D eigenvalue weighted by Crippen LogP contribution is 2.26. The number of Topliss-reactive ketones (excluding diaryl/α,β-unsaturated/α-hetero) is 1. The summed E-state index contributed by atoms with van der Waals surface area (Å²) in [5.41, 5.74) is 3.97.